The molecule has 0 bridgehead atoms. The van der Waals surface area contributed by atoms with Crippen molar-refractivity contribution < 1.29 is 4.42 Å². The summed E-state index contributed by atoms with van der Waals surface area (Å²) in [5.41, 5.74) is 7.85. The second kappa shape index (κ2) is 9.34. The van der Waals surface area contributed by atoms with E-state index < -0.39 is 0 Å². The summed E-state index contributed by atoms with van der Waals surface area (Å²) >= 11 is 0. The molecule has 35 heavy (non-hydrogen) atoms. The molecule has 0 fully saturated rings. The number of aromatic nitrogens is 1. The number of aryl methyl sites for hydroxylation is 1. The topological polar surface area (TPSA) is 26.0 Å². The molecular formula is C33H35NO. The van der Waals surface area contributed by atoms with Crippen LogP contribution in [0.5, 0.6) is 0 Å². The van der Waals surface area contributed by atoms with Gasteiger partial charge in [-0.05, 0) is 66.0 Å². The van der Waals surface area contributed by atoms with Gasteiger partial charge in [-0.1, -0.05) is 88.4 Å². The minimum atomic E-state index is -0.0289. The predicted octanol–water partition coefficient (Wildman–Crippen LogP) is 7.43. The fourth-order valence-corrected chi connectivity index (χ4v) is 5.56. The quantitative estimate of drug-likeness (QED) is 0.279. The van der Waals surface area contributed by atoms with Crippen LogP contribution in [0.3, 0.4) is 0 Å². The number of rotatable bonds is 6. The molecule has 2 nitrogen and oxygen atoms in total. The van der Waals surface area contributed by atoms with E-state index in [9.17, 15) is 0 Å². The fourth-order valence-electron chi connectivity index (χ4n) is 5.56. The number of furan rings is 1. The van der Waals surface area contributed by atoms with Crippen LogP contribution >= 0.6 is 0 Å². The Morgan fingerprint density at radius 3 is 2.63 bits per heavy atom. The summed E-state index contributed by atoms with van der Waals surface area (Å²) in [5, 5.41) is 2.39. The van der Waals surface area contributed by atoms with Crippen LogP contribution in [0.25, 0.3) is 33.7 Å². The molecule has 0 radical (unpaired) electrons. The molecule has 0 aliphatic heterocycles. The second-order valence-corrected chi connectivity index (χ2v) is 10.3. The van der Waals surface area contributed by atoms with E-state index in [1.54, 1.807) is 0 Å². The number of fused-ring (bicyclic) bond motifs is 3. The summed E-state index contributed by atoms with van der Waals surface area (Å²) in [7, 11) is 0. The van der Waals surface area contributed by atoms with Crippen LogP contribution in [-0.4, -0.2) is 4.98 Å². The summed E-state index contributed by atoms with van der Waals surface area (Å²) in [6, 6.07) is 21.3. The molecule has 2 atom stereocenters. The van der Waals surface area contributed by atoms with E-state index >= 15 is 0 Å². The maximum Gasteiger partial charge on any atom is 0.140 e. The summed E-state index contributed by atoms with van der Waals surface area (Å²) in [6.45, 7) is 11.5. The summed E-state index contributed by atoms with van der Waals surface area (Å²) in [5.74, 6) is 0.724. The first-order valence-corrected chi connectivity index (χ1v) is 12.9. The molecule has 2 heterocycles. The third-order valence-electron chi connectivity index (χ3n) is 7.98. The van der Waals surface area contributed by atoms with Crippen LogP contribution in [0.1, 0.15) is 51.8 Å². The maximum absolute atomic E-state index is 6.60. The van der Waals surface area contributed by atoms with E-state index in [-0.39, 0.29) is 11.3 Å². The lowest BCUT2D eigenvalue weighted by atomic mass is 9.63. The van der Waals surface area contributed by atoms with Crippen LogP contribution < -0.4 is 10.6 Å². The molecule has 0 saturated heterocycles. The van der Waals surface area contributed by atoms with Gasteiger partial charge in [0, 0.05) is 28.3 Å². The van der Waals surface area contributed by atoms with Gasteiger partial charge in [-0.15, -0.1) is 0 Å². The van der Waals surface area contributed by atoms with Crippen molar-refractivity contribution >= 4 is 22.6 Å². The Labute approximate surface area is 208 Å². The van der Waals surface area contributed by atoms with E-state index in [1.807, 2.05) is 12.3 Å². The molecule has 2 aromatic carbocycles. The molecule has 0 amide bonds. The van der Waals surface area contributed by atoms with Gasteiger partial charge in [0.1, 0.15) is 11.0 Å². The van der Waals surface area contributed by atoms with Crippen LogP contribution in [0.4, 0.5) is 0 Å². The first-order chi connectivity index (χ1) is 16.9. The zero-order valence-corrected chi connectivity index (χ0v) is 21.5. The van der Waals surface area contributed by atoms with Gasteiger partial charge in [0.05, 0.1) is 5.69 Å². The second-order valence-electron chi connectivity index (χ2n) is 10.3. The van der Waals surface area contributed by atoms with Crippen LogP contribution in [0.15, 0.2) is 83.4 Å². The summed E-state index contributed by atoms with van der Waals surface area (Å²) < 4.78 is 6.60. The van der Waals surface area contributed by atoms with Crippen LogP contribution in [0.2, 0.25) is 0 Å². The Balaban J connectivity index is 1.81. The van der Waals surface area contributed by atoms with Crippen molar-refractivity contribution in [1.82, 2.24) is 4.98 Å². The molecule has 5 rings (SSSR count). The third kappa shape index (κ3) is 4.05. The molecular weight excluding hydrogens is 426 g/mol. The van der Waals surface area contributed by atoms with E-state index in [0.29, 0.717) is 5.92 Å². The highest BCUT2D eigenvalue weighted by Crippen LogP contribution is 2.46. The van der Waals surface area contributed by atoms with E-state index in [2.05, 4.69) is 107 Å². The smallest absolute Gasteiger partial charge is 0.140 e. The standard InChI is InChI=1S/C33H35NO/c1-6-7-19-33(5,22(2)3)28-17-16-27-26-14-10-11-15-30(26)35-32(27)31(28)29-21-24(18-20-34-29)25-13-9-8-12-23(25)4/h7-16,18-22,28H,6,17H2,1-5H3. The fraction of sp³-hybridized carbons (Fsp3) is 0.303. The van der Waals surface area contributed by atoms with E-state index in [0.717, 1.165) is 29.5 Å². The van der Waals surface area contributed by atoms with Gasteiger partial charge in [0.2, 0.25) is 0 Å². The van der Waals surface area contributed by atoms with Gasteiger partial charge in [-0.3, -0.25) is 4.98 Å². The zero-order chi connectivity index (χ0) is 24.6. The third-order valence-corrected chi connectivity index (χ3v) is 7.98. The number of hydrogen-bond donors (Lipinski definition) is 0. The summed E-state index contributed by atoms with van der Waals surface area (Å²) in [6.07, 6.45) is 11.1. The highest BCUT2D eigenvalue weighted by molar-refractivity contribution is 5.82. The van der Waals surface area contributed by atoms with Crippen molar-refractivity contribution in [2.75, 3.05) is 0 Å². The number of nitrogens with zero attached hydrogens (tertiary/aromatic N) is 1. The van der Waals surface area contributed by atoms with Crippen molar-refractivity contribution in [2.24, 2.45) is 17.3 Å². The zero-order valence-electron chi connectivity index (χ0n) is 21.5. The molecule has 178 valence electrons. The predicted molar refractivity (Wildman–Crippen MR) is 147 cm³/mol. The Hall–Kier alpha value is -3.39. The number of pyridine rings is 1. The molecule has 0 saturated carbocycles. The average molecular weight is 462 g/mol. The highest BCUT2D eigenvalue weighted by Gasteiger charge is 2.39. The molecule has 2 unspecified atom stereocenters. The number of benzene rings is 2. The molecule has 0 N–H and O–H groups in total. The van der Waals surface area contributed by atoms with Crippen molar-refractivity contribution in [1.29, 1.82) is 0 Å². The van der Waals surface area contributed by atoms with Crippen molar-refractivity contribution in [3.8, 4) is 11.1 Å². The van der Waals surface area contributed by atoms with Crippen molar-refractivity contribution in [2.45, 2.75) is 47.5 Å². The Morgan fingerprint density at radius 1 is 1.09 bits per heavy atom. The van der Waals surface area contributed by atoms with Gasteiger partial charge < -0.3 is 4.42 Å². The van der Waals surface area contributed by atoms with Gasteiger partial charge in [0.25, 0.3) is 0 Å². The van der Waals surface area contributed by atoms with Gasteiger partial charge in [0.15, 0.2) is 0 Å². The molecule has 4 aromatic rings. The van der Waals surface area contributed by atoms with Gasteiger partial charge in [-0.2, -0.15) is 0 Å². The number of para-hydroxylation sites is 1. The lowest BCUT2D eigenvalue weighted by Crippen LogP contribution is -2.39. The van der Waals surface area contributed by atoms with E-state index in [1.165, 1.54) is 32.9 Å². The lowest BCUT2D eigenvalue weighted by molar-refractivity contribution is 0.222. The minimum absolute atomic E-state index is 0.0289. The molecule has 0 spiro atoms. The normalized spacial score (nSPS) is 17.5. The lowest BCUT2D eigenvalue weighted by Gasteiger charge is -2.40. The first-order valence-electron chi connectivity index (χ1n) is 12.9. The minimum Gasteiger partial charge on any atom is -0.456 e. The van der Waals surface area contributed by atoms with Gasteiger partial charge >= 0.3 is 0 Å². The van der Waals surface area contributed by atoms with Crippen molar-refractivity contribution in [3.05, 3.63) is 101 Å². The Kier molecular flexibility index (Phi) is 6.23. The number of hydrogen-bond acceptors (Lipinski definition) is 2. The van der Waals surface area contributed by atoms with E-state index in [4.69, 9.17) is 9.40 Å². The summed E-state index contributed by atoms with van der Waals surface area (Å²) in [4.78, 5) is 4.96. The largest absolute Gasteiger partial charge is 0.456 e. The SMILES string of the molecule is CCC=CC(C)(C(C)C)C1CC=c2c(oc3ccccc23)=C1c1cc(-c2ccccc2C)ccn1. The first kappa shape index (κ1) is 23.4. The van der Waals surface area contributed by atoms with Crippen LogP contribution in [0, 0.1) is 24.2 Å². The van der Waals surface area contributed by atoms with Crippen LogP contribution in [-0.2, 0) is 0 Å². The molecule has 2 aromatic heterocycles. The monoisotopic (exact) mass is 461 g/mol. The van der Waals surface area contributed by atoms with Crippen molar-refractivity contribution in [3.63, 3.8) is 0 Å². The Bertz CT molecular complexity index is 1520. The number of allylic oxidation sites excluding steroid dienone is 2. The highest BCUT2D eigenvalue weighted by atomic mass is 16.3. The molecule has 1 aliphatic rings. The molecule has 2 heteroatoms. The average Bonchev–Trinajstić information content (AvgIpc) is 3.25. The Morgan fingerprint density at radius 2 is 1.86 bits per heavy atom. The van der Waals surface area contributed by atoms with Gasteiger partial charge in [-0.25, -0.2) is 0 Å². The maximum atomic E-state index is 6.60. The molecule has 1 aliphatic carbocycles.